The van der Waals surface area contributed by atoms with Crippen molar-refractivity contribution in [2.45, 2.75) is 31.3 Å². The minimum atomic E-state index is 0.275. The first-order chi connectivity index (χ1) is 14.2. The summed E-state index contributed by atoms with van der Waals surface area (Å²) >= 11 is 3.26. The Labute approximate surface area is 175 Å². The summed E-state index contributed by atoms with van der Waals surface area (Å²) in [7, 11) is 0. The minimum absolute atomic E-state index is 0.275. The van der Waals surface area contributed by atoms with Crippen molar-refractivity contribution in [1.82, 2.24) is 19.7 Å². The molecule has 0 unspecified atom stereocenters. The van der Waals surface area contributed by atoms with E-state index in [2.05, 4.69) is 27.1 Å². The zero-order valence-corrected chi connectivity index (χ0v) is 17.5. The van der Waals surface area contributed by atoms with Crippen LogP contribution in [-0.4, -0.2) is 26.5 Å². The van der Waals surface area contributed by atoms with Gasteiger partial charge in [-0.15, -0.1) is 21.5 Å². The van der Waals surface area contributed by atoms with Crippen LogP contribution in [0.2, 0.25) is 0 Å². The Balaban J connectivity index is 1.33. The highest BCUT2D eigenvalue weighted by Gasteiger charge is 2.18. The van der Waals surface area contributed by atoms with Gasteiger partial charge in [0.25, 0.3) is 0 Å². The molecule has 0 saturated heterocycles. The highest BCUT2D eigenvalue weighted by Crippen LogP contribution is 2.37. The largest absolute Gasteiger partial charge is 0.469 e. The average molecular weight is 427 g/mol. The number of aryl methyl sites for hydroxylation is 1. The second-order valence-electron chi connectivity index (χ2n) is 6.44. The van der Waals surface area contributed by atoms with Gasteiger partial charge in [0.15, 0.2) is 22.5 Å². The first-order valence-electron chi connectivity index (χ1n) is 9.18. The van der Waals surface area contributed by atoms with Gasteiger partial charge in [-0.25, -0.2) is 4.98 Å². The van der Waals surface area contributed by atoms with Gasteiger partial charge in [0.05, 0.1) is 17.5 Å². The van der Waals surface area contributed by atoms with Crippen LogP contribution in [-0.2, 0) is 12.3 Å². The quantitative estimate of drug-likeness (QED) is 0.401. The van der Waals surface area contributed by atoms with Gasteiger partial charge in [0, 0.05) is 23.2 Å². The number of benzene rings is 1. The van der Waals surface area contributed by atoms with E-state index in [4.69, 9.17) is 18.9 Å². The van der Waals surface area contributed by atoms with E-state index in [9.17, 15) is 0 Å². The predicted octanol–water partition coefficient (Wildman–Crippen LogP) is 5.01. The lowest BCUT2D eigenvalue weighted by molar-refractivity contribution is 0.174. The van der Waals surface area contributed by atoms with E-state index in [1.807, 2.05) is 31.2 Å². The van der Waals surface area contributed by atoms with E-state index >= 15 is 0 Å². The van der Waals surface area contributed by atoms with E-state index < -0.39 is 0 Å². The summed E-state index contributed by atoms with van der Waals surface area (Å²) in [5, 5.41) is 12.7. The van der Waals surface area contributed by atoms with E-state index in [1.165, 1.54) is 0 Å². The number of thiazole rings is 1. The molecule has 4 aromatic rings. The molecule has 0 fully saturated rings. The fourth-order valence-electron chi connectivity index (χ4n) is 3.17. The molecule has 0 N–H and O–H groups in total. The second kappa shape index (κ2) is 7.57. The third kappa shape index (κ3) is 3.40. The van der Waals surface area contributed by atoms with Gasteiger partial charge < -0.3 is 18.5 Å². The molecule has 0 saturated carbocycles. The third-order valence-electron chi connectivity index (χ3n) is 4.65. The number of hydrogen-bond donors (Lipinski definition) is 0. The molecular weight excluding hydrogens is 408 g/mol. The molecule has 1 aliphatic heterocycles. The van der Waals surface area contributed by atoms with Crippen LogP contribution in [0.1, 0.15) is 18.4 Å². The Hall–Kier alpha value is -2.78. The monoisotopic (exact) mass is 426 g/mol. The maximum atomic E-state index is 5.47. The van der Waals surface area contributed by atoms with Crippen LogP contribution in [0, 0.1) is 6.92 Å². The molecule has 1 aromatic carbocycles. The molecule has 0 radical (unpaired) electrons. The maximum Gasteiger partial charge on any atom is 0.231 e. The van der Waals surface area contributed by atoms with E-state index in [1.54, 1.807) is 29.4 Å². The van der Waals surface area contributed by atoms with Crippen LogP contribution in [0.15, 0.2) is 45.5 Å². The average Bonchev–Trinajstić information content (AvgIpc) is 3.51. The summed E-state index contributed by atoms with van der Waals surface area (Å²) in [5.74, 6) is 3.95. The van der Waals surface area contributed by atoms with Crippen molar-refractivity contribution in [3.05, 3.63) is 47.4 Å². The van der Waals surface area contributed by atoms with Gasteiger partial charge in [-0.1, -0.05) is 11.8 Å². The van der Waals surface area contributed by atoms with Gasteiger partial charge in [0.2, 0.25) is 6.79 Å². The Morgan fingerprint density at radius 1 is 1.17 bits per heavy atom. The molecule has 0 bridgehead atoms. The number of aromatic nitrogens is 4. The lowest BCUT2D eigenvalue weighted by Gasteiger charge is -2.06. The molecule has 0 atom stereocenters. The summed E-state index contributed by atoms with van der Waals surface area (Å²) in [6, 6.07) is 7.84. The lowest BCUT2D eigenvalue weighted by Crippen LogP contribution is -2.00. The van der Waals surface area contributed by atoms with Crippen LogP contribution >= 0.6 is 23.1 Å². The van der Waals surface area contributed by atoms with Gasteiger partial charge in [-0.05, 0) is 38.1 Å². The third-order valence-corrected chi connectivity index (χ3v) is 6.59. The number of nitrogens with zero attached hydrogens (tertiary/aromatic N) is 4. The molecule has 3 aromatic heterocycles. The highest BCUT2D eigenvalue weighted by molar-refractivity contribution is 7.98. The maximum absolute atomic E-state index is 5.47. The molecule has 29 heavy (non-hydrogen) atoms. The number of hydrogen-bond acceptors (Lipinski definition) is 8. The van der Waals surface area contributed by atoms with Crippen LogP contribution in [0.25, 0.3) is 22.0 Å². The number of rotatable bonds is 6. The predicted molar refractivity (Wildman–Crippen MR) is 111 cm³/mol. The first-order valence-corrected chi connectivity index (χ1v) is 11.0. The molecule has 148 valence electrons. The summed E-state index contributed by atoms with van der Waals surface area (Å²) in [6.45, 7) is 5.09. The summed E-state index contributed by atoms with van der Waals surface area (Å²) in [6.07, 6.45) is 1.68. The topological polar surface area (TPSA) is 75.2 Å². The first kappa shape index (κ1) is 18.3. The summed E-state index contributed by atoms with van der Waals surface area (Å²) in [4.78, 5) is 4.78. The van der Waals surface area contributed by atoms with E-state index in [-0.39, 0.29) is 6.79 Å². The lowest BCUT2D eigenvalue weighted by atomic mass is 10.2. The summed E-state index contributed by atoms with van der Waals surface area (Å²) in [5.41, 5.74) is 3.02. The molecule has 4 heterocycles. The summed E-state index contributed by atoms with van der Waals surface area (Å²) < 4.78 is 18.4. The normalized spacial score (nSPS) is 12.6. The Bertz CT molecular complexity index is 1160. The van der Waals surface area contributed by atoms with E-state index in [0.717, 1.165) is 62.4 Å². The Morgan fingerprint density at radius 2 is 2.07 bits per heavy atom. The Kier molecular flexibility index (Phi) is 4.76. The molecule has 7 nitrogen and oxygen atoms in total. The van der Waals surface area contributed by atoms with Gasteiger partial charge >= 0.3 is 0 Å². The van der Waals surface area contributed by atoms with Crippen LogP contribution in [0.3, 0.4) is 0 Å². The van der Waals surface area contributed by atoms with Crippen molar-refractivity contribution in [2.24, 2.45) is 0 Å². The van der Waals surface area contributed by atoms with Crippen molar-refractivity contribution in [2.75, 3.05) is 6.79 Å². The standard InChI is InChI=1S/C20H18N4O3S2/c1-3-24-18(15-6-7-25-12(15)2)22-23-20(24)29-10-14-9-28-19(21-14)13-4-5-16-17(8-13)27-11-26-16/h4-9H,3,10-11H2,1-2H3. The SMILES string of the molecule is CCn1c(SCc2csc(-c3ccc4c(c3)OCO4)n2)nnc1-c1ccoc1C. The van der Waals surface area contributed by atoms with Gasteiger partial charge in [-0.3, -0.25) is 0 Å². The van der Waals surface area contributed by atoms with Crippen LogP contribution < -0.4 is 9.47 Å². The zero-order chi connectivity index (χ0) is 19.8. The molecule has 0 spiro atoms. The number of thioether (sulfide) groups is 1. The molecule has 1 aliphatic rings. The molecule has 0 amide bonds. The number of ether oxygens (including phenoxy) is 2. The fraction of sp³-hybridized carbons (Fsp3) is 0.250. The highest BCUT2D eigenvalue weighted by atomic mass is 32.2. The molecule has 5 rings (SSSR count). The molecular formula is C20H18N4O3S2. The van der Waals surface area contributed by atoms with Crippen molar-refractivity contribution in [3.63, 3.8) is 0 Å². The zero-order valence-electron chi connectivity index (χ0n) is 15.9. The van der Waals surface area contributed by atoms with Gasteiger partial charge in [-0.2, -0.15) is 0 Å². The van der Waals surface area contributed by atoms with Crippen molar-refractivity contribution in [1.29, 1.82) is 0 Å². The minimum Gasteiger partial charge on any atom is -0.469 e. The van der Waals surface area contributed by atoms with E-state index in [0.29, 0.717) is 0 Å². The van der Waals surface area contributed by atoms with Crippen LogP contribution in [0.4, 0.5) is 0 Å². The molecule has 0 aliphatic carbocycles. The number of fused-ring (bicyclic) bond motifs is 1. The number of furan rings is 1. The fourth-order valence-corrected chi connectivity index (χ4v) is 4.99. The van der Waals surface area contributed by atoms with Crippen molar-refractivity contribution in [3.8, 4) is 33.5 Å². The smallest absolute Gasteiger partial charge is 0.231 e. The molecule has 9 heteroatoms. The van der Waals surface area contributed by atoms with Crippen LogP contribution in [0.5, 0.6) is 11.5 Å². The Morgan fingerprint density at radius 3 is 2.90 bits per heavy atom. The van der Waals surface area contributed by atoms with Crippen molar-refractivity contribution >= 4 is 23.1 Å². The second-order valence-corrected chi connectivity index (χ2v) is 8.24. The van der Waals surface area contributed by atoms with Crippen molar-refractivity contribution < 1.29 is 13.9 Å². The van der Waals surface area contributed by atoms with Gasteiger partial charge in [0.1, 0.15) is 10.8 Å².